The van der Waals surface area contributed by atoms with E-state index < -0.39 is 15.1 Å². The molecule has 0 aliphatic carbocycles. The van der Waals surface area contributed by atoms with Crippen LogP contribution in [0.2, 0.25) is 0 Å². The summed E-state index contributed by atoms with van der Waals surface area (Å²) in [7, 11) is -3.54. The van der Waals surface area contributed by atoms with Gasteiger partial charge in [-0.1, -0.05) is 91.0 Å². The molecule has 3 aromatic rings. The molecule has 0 fully saturated rings. The van der Waals surface area contributed by atoms with Crippen molar-refractivity contribution in [2.75, 3.05) is 0 Å². The van der Waals surface area contributed by atoms with Gasteiger partial charge in [-0.3, -0.25) is 0 Å². The smallest absolute Gasteiger partial charge is 0.189 e. The maximum Gasteiger partial charge on any atom is 0.189 e. The summed E-state index contributed by atoms with van der Waals surface area (Å²) < 4.78 is 26.6. The molecule has 0 saturated carbocycles. The van der Waals surface area contributed by atoms with Gasteiger partial charge >= 0.3 is 0 Å². The van der Waals surface area contributed by atoms with E-state index in [2.05, 4.69) is 0 Å². The fourth-order valence-electron chi connectivity index (χ4n) is 2.81. The van der Waals surface area contributed by atoms with Crippen LogP contribution < -0.4 is 0 Å². The van der Waals surface area contributed by atoms with Crippen LogP contribution >= 0.6 is 0 Å². The van der Waals surface area contributed by atoms with Gasteiger partial charge in [0, 0.05) is 0 Å². The highest BCUT2D eigenvalue weighted by molar-refractivity contribution is 7.92. The molecule has 1 atom stereocenters. The van der Waals surface area contributed by atoms with Crippen LogP contribution in [0.5, 0.6) is 0 Å². The molecule has 3 aromatic carbocycles. The lowest BCUT2D eigenvalue weighted by Crippen LogP contribution is -2.13. The fourth-order valence-corrected chi connectivity index (χ4v) is 4.67. The number of hydrogen-bond donors (Lipinski definition) is 0. The minimum Gasteiger partial charge on any atom is -0.223 e. The molecule has 0 radical (unpaired) electrons. The Morgan fingerprint density at radius 3 is 1.96 bits per heavy atom. The Bertz CT molecular complexity index is 959. The van der Waals surface area contributed by atoms with Crippen molar-refractivity contribution in [3.05, 3.63) is 108 Å². The molecule has 3 rings (SSSR count). The molecule has 25 heavy (non-hydrogen) atoms. The van der Waals surface area contributed by atoms with E-state index in [-0.39, 0.29) is 0 Å². The summed E-state index contributed by atoms with van der Waals surface area (Å²) in [5.74, 6) is 0. The predicted octanol–water partition coefficient (Wildman–Crippen LogP) is 5.22. The molecule has 0 spiro atoms. The molecular weight excluding hydrogens is 328 g/mol. The van der Waals surface area contributed by atoms with Gasteiger partial charge in [-0.2, -0.15) is 0 Å². The summed E-state index contributed by atoms with van der Waals surface area (Å²) in [4.78, 5) is 0.376. The average Bonchev–Trinajstić information content (AvgIpc) is 2.64. The Balaban J connectivity index is 2.09. The lowest BCUT2D eigenvalue weighted by molar-refractivity contribution is 0.590. The highest BCUT2D eigenvalue weighted by Gasteiger charge is 2.28. The van der Waals surface area contributed by atoms with Gasteiger partial charge < -0.3 is 0 Å². The van der Waals surface area contributed by atoms with Crippen molar-refractivity contribution in [3.63, 3.8) is 0 Å². The molecular formula is C22H20O2S. The first kappa shape index (κ1) is 17.2. The Morgan fingerprint density at radius 1 is 0.760 bits per heavy atom. The van der Waals surface area contributed by atoms with Gasteiger partial charge in [0.25, 0.3) is 0 Å². The highest BCUT2D eigenvalue weighted by atomic mass is 32.2. The fraction of sp³-hybridized carbons (Fsp3) is 0.0909. The van der Waals surface area contributed by atoms with E-state index in [0.717, 1.165) is 16.7 Å². The Labute approximate surface area is 149 Å². The van der Waals surface area contributed by atoms with Crippen LogP contribution in [-0.4, -0.2) is 8.42 Å². The topological polar surface area (TPSA) is 34.1 Å². The van der Waals surface area contributed by atoms with E-state index in [1.54, 1.807) is 18.2 Å². The summed E-state index contributed by atoms with van der Waals surface area (Å²) in [6.45, 7) is 1.83. The van der Waals surface area contributed by atoms with Crippen LogP contribution in [0.4, 0.5) is 0 Å². The summed E-state index contributed by atoms with van der Waals surface area (Å²) in [6, 6.07) is 26.2. The average molecular weight is 348 g/mol. The largest absolute Gasteiger partial charge is 0.223 e. The van der Waals surface area contributed by atoms with Crippen LogP contribution in [0.3, 0.4) is 0 Å². The second kappa shape index (κ2) is 7.49. The van der Waals surface area contributed by atoms with E-state index in [1.165, 1.54) is 0 Å². The van der Waals surface area contributed by atoms with E-state index in [0.29, 0.717) is 4.90 Å². The molecule has 0 aliphatic heterocycles. The molecule has 0 bridgehead atoms. The molecule has 2 nitrogen and oxygen atoms in total. The Kier molecular flexibility index (Phi) is 5.15. The highest BCUT2D eigenvalue weighted by Crippen LogP contribution is 2.32. The first-order chi connectivity index (χ1) is 12.1. The van der Waals surface area contributed by atoms with Gasteiger partial charge in [-0.05, 0) is 29.7 Å². The summed E-state index contributed by atoms with van der Waals surface area (Å²) in [6.07, 6.45) is 3.64. The van der Waals surface area contributed by atoms with Crippen LogP contribution in [0, 0.1) is 6.92 Å². The Hall–Kier alpha value is -2.65. The monoisotopic (exact) mass is 348 g/mol. The summed E-state index contributed by atoms with van der Waals surface area (Å²) in [5, 5.41) is -0.727. The van der Waals surface area contributed by atoms with E-state index in [1.807, 2.05) is 85.8 Å². The van der Waals surface area contributed by atoms with Gasteiger partial charge in [0.15, 0.2) is 9.84 Å². The van der Waals surface area contributed by atoms with Crippen molar-refractivity contribution in [3.8, 4) is 0 Å². The second-order valence-electron chi connectivity index (χ2n) is 5.91. The minimum atomic E-state index is -3.54. The number of aryl methyl sites for hydroxylation is 1. The quantitative estimate of drug-likeness (QED) is 0.633. The minimum absolute atomic E-state index is 0.376. The van der Waals surface area contributed by atoms with E-state index >= 15 is 0 Å². The van der Waals surface area contributed by atoms with Crippen LogP contribution in [-0.2, 0) is 9.84 Å². The third-order valence-electron chi connectivity index (χ3n) is 4.13. The Morgan fingerprint density at radius 2 is 1.32 bits per heavy atom. The zero-order chi connectivity index (χ0) is 17.7. The molecule has 3 heteroatoms. The molecule has 0 amide bonds. The zero-order valence-corrected chi connectivity index (χ0v) is 14.9. The molecule has 0 saturated heterocycles. The first-order valence-corrected chi connectivity index (χ1v) is 9.71. The molecule has 1 unspecified atom stereocenters. The third-order valence-corrected chi connectivity index (χ3v) is 6.29. The van der Waals surface area contributed by atoms with Crippen LogP contribution in [0.1, 0.15) is 21.9 Å². The first-order valence-electron chi connectivity index (χ1n) is 8.17. The van der Waals surface area contributed by atoms with Gasteiger partial charge in [-0.15, -0.1) is 0 Å². The van der Waals surface area contributed by atoms with Gasteiger partial charge in [0.2, 0.25) is 0 Å². The molecule has 0 N–H and O–H groups in total. The van der Waals surface area contributed by atoms with Crippen molar-refractivity contribution < 1.29 is 8.42 Å². The molecule has 0 heterocycles. The van der Waals surface area contributed by atoms with Crippen molar-refractivity contribution in [2.45, 2.75) is 17.1 Å². The van der Waals surface area contributed by atoms with Crippen LogP contribution in [0.15, 0.2) is 95.9 Å². The molecule has 0 aromatic heterocycles. The van der Waals surface area contributed by atoms with Crippen molar-refractivity contribution in [1.29, 1.82) is 0 Å². The van der Waals surface area contributed by atoms with Crippen molar-refractivity contribution in [2.24, 2.45) is 0 Å². The third kappa shape index (κ3) is 3.89. The lowest BCUT2D eigenvalue weighted by Gasteiger charge is -2.16. The van der Waals surface area contributed by atoms with E-state index in [9.17, 15) is 8.42 Å². The van der Waals surface area contributed by atoms with Crippen molar-refractivity contribution >= 4 is 15.9 Å². The number of rotatable bonds is 5. The normalized spacial score (nSPS) is 13.0. The lowest BCUT2D eigenvalue weighted by atomic mass is 10.1. The predicted molar refractivity (Wildman–Crippen MR) is 103 cm³/mol. The number of hydrogen-bond acceptors (Lipinski definition) is 2. The van der Waals surface area contributed by atoms with Crippen LogP contribution in [0.25, 0.3) is 6.08 Å². The molecule has 0 aliphatic rings. The maximum atomic E-state index is 13.3. The summed E-state index contributed by atoms with van der Waals surface area (Å²) in [5.41, 5.74) is 2.50. The zero-order valence-electron chi connectivity index (χ0n) is 14.0. The standard InChI is InChI=1S/C22H20O2S/c1-18-10-8-9-15-21(18)25(23,24)22(20-13-6-3-7-14-20)17-16-19-11-4-2-5-12-19/h2-17,22H,1H3/b17-16+. The second-order valence-corrected chi connectivity index (χ2v) is 7.95. The SMILES string of the molecule is Cc1ccccc1S(=O)(=O)C(/C=C/c1ccccc1)c1ccccc1. The maximum absolute atomic E-state index is 13.3. The molecule has 126 valence electrons. The van der Waals surface area contributed by atoms with Crippen molar-refractivity contribution in [1.82, 2.24) is 0 Å². The number of sulfone groups is 1. The number of benzene rings is 3. The van der Waals surface area contributed by atoms with Gasteiger partial charge in [0.1, 0.15) is 5.25 Å². The summed E-state index contributed by atoms with van der Waals surface area (Å²) >= 11 is 0. The van der Waals surface area contributed by atoms with E-state index in [4.69, 9.17) is 0 Å². The van der Waals surface area contributed by atoms with Gasteiger partial charge in [-0.25, -0.2) is 8.42 Å². The van der Waals surface area contributed by atoms with Gasteiger partial charge in [0.05, 0.1) is 4.90 Å².